The van der Waals surface area contributed by atoms with E-state index in [1.807, 2.05) is 0 Å². The Morgan fingerprint density at radius 2 is 2.23 bits per heavy atom. The molecule has 0 saturated heterocycles. The first-order chi connectivity index (χ1) is 6.16. The van der Waals surface area contributed by atoms with Gasteiger partial charge in [0.05, 0.1) is 5.02 Å². The summed E-state index contributed by atoms with van der Waals surface area (Å²) in [6.07, 6.45) is 1.60. The zero-order valence-corrected chi connectivity index (χ0v) is 8.34. The van der Waals surface area contributed by atoms with Gasteiger partial charge in [0.1, 0.15) is 0 Å². The van der Waals surface area contributed by atoms with Gasteiger partial charge in [-0.2, -0.15) is 0 Å². The van der Waals surface area contributed by atoms with Crippen LogP contribution in [0, 0.1) is 0 Å². The quantitative estimate of drug-likeness (QED) is 0.789. The van der Waals surface area contributed by atoms with Crippen molar-refractivity contribution < 1.29 is 0 Å². The highest BCUT2D eigenvalue weighted by molar-refractivity contribution is 6.31. The lowest BCUT2D eigenvalue weighted by atomic mass is 10.2. The lowest BCUT2D eigenvalue weighted by Gasteiger charge is -2.08. The number of pyridine rings is 1. The molecule has 0 fully saturated rings. The molecule has 1 heterocycles. The molecule has 0 aliphatic carbocycles. The smallest absolute Gasteiger partial charge is 0.250 e. The van der Waals surface area contributed by atoms with Crippen molar-refractivity contribution in [3.63, 3.8) is 0 Å². The fourth-order valence-electron chi connectivity index (χ4n) is 1.20. The molecule has 4 heteroatoms. The fourth-order valence-corrected chi connectivity index (χ4v) is 1.49. The number of aromatic nitrogens is 1. The van der Waals surface area contributed by atoms with E-state index in [0.717, 1.165) is 18.5 Å². The van der Waals surface area contributed by atoms with E-state index in [4.69, 9.17) is 17.3 Å². The largest absolute Gasteiger partial charge is 0.330 e. The molecular formula is C9H13ClN2O. The van der Waals surface area contributed by atoms with Crippen molar-refractivity contribution in [2.75, 3.05) is 6.54 Å². The maximum atomic E-state index is 11.2. The van der Waals surface area contributed by atoms with Crippen LogP contribution in [0.15, 0.2) is 16.9 Å². The van der Waals surface area contributed by atoms with E-state index in [2.05, 4.69) is 0 Å². The minimum absolute atomic E-state index is 0.0311. The van der Waals surface area contributed by atoms with Crippen LogP contribution in [0.3, 0.4) is 0 Å². The van der Waals surface area contributed by atoms with Crippen molar-refractivity contribution in [2.45, 2.75) is 12.8 Å². The summed E-state index contributed by atoms with van der Waals surface area (Å²) >= 11 is 5.94. The van der Waals surface area contributed by atoms with Crippen LogP contribution < -0.4 is 11.3 Å². The SMILES string of the molecule is Cn1c(CCCN)c(Cl)ccc1=O. The minimum Gasteiger partial charge on any atom is -0.330 e. The molecule has 3 nitrogen and oxygen atoms in total. The first-order valence-electron chi connectivity index (χ1n) is 4.21. The summed E-state index contributed by atoms with van der Waals surface area (Å²) < 4.78 is 1.57. The van der Waals surface area contributed by atoms with Crippen LogP contribution in [0.4, 0.5) is 0 Å². The molecule has 2 N–H and O–H groups in total. The van der Waals surface area contributed by atoms with E-state index in [1.165, 1.54) is 6.07 Å². The molecule has 1 aromatic rings. The number of hydrogen-bond acceptors (Lipinski definition) is 2. The Morgan fingerprint density at radius 1 is 1.54 bits per heavy atom. The molecule has 1 rings (SSSR count). The van der Waals surface area contributed by atoms with Crippen molar-refractivity contribution in [1.29, 1.82) is 0 Å². The standard InChI is InChI=1S/C9H13ClN2O/c1-12-8(3-2-6-11)7(10)4-5-9(12)13/h4-5H,2-3,6,11H2,1H3. The molecule has 0 aromatic carbocycles. The lowest BCUT2D eigenvalue weighted by Crippen LogP contribution is -2.20. The van der Waals surface area contributed by atoms with Crippen LogP contribution in [-0.4, -0.2) is 11.1 Å². The Balaban J connectivity index is 3.03. The van der Waals surface area contributed by atoms with Gasteiger partial charge in [0.25, 0.3) is 5.56 Å². The second kappa shape index (κ2) is 4.44. The van der Waals surface area contributed by atoms with Crippen molar-refractivity contribution >= 4 is 11.6 Å². The van der Waals surface area contributed by atoms with E-state index in [1.54, 1.807) is 17.7 Å². The third kappa shape index (κ3) is 2.32. The van der Waals surface area contributed by atoms with Crippen LogP contribution in [-0.2, 0) is 13.5 Å². The zero-order valence-electron chi connectivity index (χ0n) is 7.59. The summed E-state index contributed by atoms with van der Waals surface area (Å²) in [6, 6.07) is 3.10. The van der Waals surface area contributed by atoms with Crippen LogP contribution in [0.5, 0.6) is 0 Å². The Bertz CT molecular complexity index is 346. The molecule has 0 unspecified atom stereocenters. The van der Waals surface area contributed by atoms with Gasteiger partial charge >= 0.3 is 0 Å². The Hall–Kier alpha value is -0.800. The minimum atomic E-state index is -0.0311. The zero-order chi connectivity index (χ0) is 9.84. The van der Waals surface area contributed by atoms with Crippen LogP contribution in [0.1, 0.15) is 12.1 Å². The Labute approximate surface area is 82.1 Å². The maximum Gasteiger partial charge on any atom is 0.250 e. The van der Waals surface area contributed by atoms with Gasteiger partial charge < -0.3 is 10.3 Å². The molecule has 0 radical (unpaired) electrons. The fraction of sp³-hybridized carbons (Fsp3) is 0.444. The summed E-state index contributed by atoms with van der Waals surface area (Å²) in [6.45, 7) is 0.611. The number of nitrogens with two attached hydrogens (primary N) is 1. The molecule has 0 spiro atoms. The average Bonchev–Trinajstić information content (AvgIpc) is 2.12. The Kier molecular flexibility index (Phi) is 3.51. The van der Waals surface area contributed by atoms with Crippen LogP contribution in [0.2, 0.25) is 5.02 Å². The molecular weight excluding hydrogens is 188 g/mol. The van der Waals surface area contributed by atoms with Crippen molar-refractivity contribution in [3.8, 4) is 0 Å². The van der Waals surface area contributed by atoms with Crippen LogP contribution >= 0.6 is 11.6 Å². The third-order valence-corrected chi connectivity index (χ3v) is 2.35. The van der Waals surface area contributed by atoms with E-state index < -0.39 is 0 Å². The molecule has 72 valence electrons. The van der Waals surface area contributed by atoms with Crippen molar-refractivity contribution in [1.82, 2.24) is 4.57 Å². The first-order valence-corrected chi connectivity index (χ1v) is 4.59. The number of rotatable bonds is 3. The molecule has 0 saturated carbocycles. The van der Waals surface area contributed by atoms with Gasteiger partial charge in [0.15, 0.2) is 0 Å². The average molecular weight is 201 g/mol. The van der Waals surface area contributed by atoms with Gasteiger partial charge in [-0.15, -0.1) is 0 Å². The molecule has 13 heavy (non-hydrogen) atoms. The summed E-state index contributed by atoms with van der Waals surface area (Å²) in [4.78, 5) is 11.2. The van der Waals surface area contributed by atoms with E-state index in [9.17, 15) is 4.79 Å². The predicted molar refractivity (Wildman–Crippen MR) is 54.1 cm³/mol. The summed E-state index contributed by atoms with van der Waals surface area (Å²) in [5.41, 5.74) is 6.21. The van der Waals surface area contributed by atoms with Gasteiger partial charge in [-0.3, -0.25) is 4.79 Å². The van der Waals surface area contributed by atoms with Gasteiger partial charge in [-0.25, -0.2) is 0 Å². The molecule has 1 aromatic heterocycles. The van der Waals surface area contributed by atoms with Gasteiger partial charge in [0.2, 0.25) is 0 Å². The molecule has 0 aliphatic heterocycles. The van der Waals surface area contributed by atoms with E-state index in [0.29, 0.717) is 11.6 Å². The molecule has 0 amide bonds. The van der Waals surface area contributed by atoms with E-state index in [-0.39, 0.29) is 5.56 Å². The summed E-state index contributed by atoms with van der Waals surface area (Å²) in [5, 5.41) is 0.635. The highest BCUT2D eigenvalue weighted by Crippen LogP contribution is 2.13. The second-order valence-electron chi connectivity index (χ2n) is 2.92. The highest BCUT2D eigenvalue weighted by atomic mass is 35.5. The van der Waals surface area contributed by atoms with Gasteiger partial charge in [0, 0.05) is 18.8 Å². The summed E-state index contributed by atoms with van der Waals surface area (Å²) in [5.74, 6) is 0. The number of nitrogens with zero attached hydrogens (tertiary/aromatic N) is 1. The van der Waals surface area contributed by atoms with E-state index >= 15 is 0 Å². The second-order valence-corrected chi connectivity index (χ2v) is 3.32. The molecule has 0 bridgehead atoms. The third-order valence-electron chi connectivity index (χ3n) is 2.00. The predicted octanol–water partition coefficient (Wildman–Crippen LogP) is 0.930. The normalized spacial score (nSPS) is 10.4. The number of hydrogen-bond donors (Lipinski definition) is 1. The topological polar surface area (TPSA) is 48.0 Å². The van der Waals surface area contributed by atoms with Crippen molar-refractivity contribution in [3.05, 3.63) is 33.2 Å². The first kappa shape index (κ1) is 10.3. The monoisotopic (exact) mass is 200 g/mol. The molecule has 0 atom stereocenters. The molecule has 0 aliphatic rings. The highest BCUT2D eigenvalue weighted by Gasteiger charge is 2.04. The van der Waals surface area contributed by atoms with Crippen molar-refractivity contribution in [2.24, 2.45) is 12.8 Å². The van der Waals surface area contributed by atoms with Crippen LogP contribution in [0.25, 0.3) is 0 Å². The maximum absolute atomic E-state index is 11.2. The Morgan fingerprint density at radius 3 is 2.85 bits per heavy atom. The van der Waals surface area contributed by atoms with Gasteiger partial charge in [-0.05, 0) is 25.5 Å². The lowest BCUT2D eigenvalue weighted by molar-refractivity contribution is 0.725. The number of halogens is 1. The van der Waals surface area contributed by atoms with Gasteiger partial charge in [-0.1, -0.05) is 11.6 Å². The summed E-state index contributed by atoms with van der Waals surface area (Å²) in [7, 11) is 1.72.